The van der Waals surface area contributed by atoms with Crippen LogP contribution in [0.4, 0.5) is 0 Å². The van der Waals surface area contributed by atoms with Gasteiger partial charge in [-0.2, -0.15) is 0 Å². The number of rotatable bonds is 7. The summed E-state index contributed by atoms with van der Waals surface area (Å²) in [6.45, 7) is 6.34. The van der Waals surface area contributed by atoms with Crippen molar-refractivity contribution in [2.24, 2.45) is 0 Å². The van der Waals surface area contributed by atoms with Gasteiger partial charge in [-0.15, -0.1) is 11.8 Å². The molecule has 0 saturated carbocycles. The third-order valence-electron chi connectivity index (χ3n) is 2.40. The molecule has 0 heterocycles. The molecule has 1 rings (SSSR count). The van der Waals surface area contributed by atoms with Gasteiger partial charge in [-0.1, -0.05) is 30.3 Å². The maximum atomic E-state index is 5.64. The molecule has 92 valence electrons. The van der Waals surface area contributed by atoms with Crippen LogP contribution in [0.15, 0.2) is 30.3 Å². The second kappa shape index (κ2) is 8.81. The Morgan fingerprint density at radius 2 is 2.06 bits per heavy atom. The van der Waals surface area contributed by atoms with E-state index in [1.807, 2.05) is 25.1 Å². The fraction of sp³-hybridized carbons (Fsp3) is 0.467. The van der Waals surface area contributed by atoms with Crippen molar-refractivity contribution >= 4 is 0 Å². The van der Waals surface area contributed by atoms with E-state index in [0.29, 0.717) is 12.6 Å². The highest BCUT2D eigenvalue weighted by atomic mass is 16.5. The third-order valence-corrected chi connectivity index (χ3v) is 2.40. The van der Waals surface area contributed by atoms with E-state index >= 15 is 0 Å². The summed E-state index contributed by atoms with van der Waals surface area (Å²) in [5.41, 5.74) is 1.22. The molecule has 17 heavy (non-hydrogen) atoms. The predicted octanol–water partition coefficient (Wildman–Crippen LogP) is 2.59. The molecule has 1 atom stereocenters. The fourth-order valence-corrected chi connectivity index (χ4v) is 1.49. The molecule has 0 aliphatic rings. The molecule has 0 bridgehead atoms. The molecule has 1 N–H and O–H groups in total. The van der Waals surface area contributed by atoms with Gasteiger partial charge in [-0.05, 0) is 19.4 Å². The number of hydrogen-bond donors (Lipinski definition) is 1. The maximum Gasteiger partial charge on any atom is 0.0717 e. The number of ether oxygens (including phenoxy) is 1. The molecular formula is C15H21NO. The summed E-state index contributed by atoms with van der Waals surface area (Å²) >= 11 is 0. The first-order valence-electron chi connectivity index (χ1n) is 6.07. The number of nitrogens with one attached hydrogen (secondary N) is 1. The van der Waals surface area contributed by atoms with Gasteiger partial charge in [0.2, 0.25) is 0 Å². The topological polar surface area (TPSA) is 21.3 Å². The quantitative estimate of drug-likeness (QED) is 0.575. The lowest BCUT2D eigenvalue weighted by Crippen LogP contribution is -2.31. The van der Waals surface area contributed by atoms with Crippen molar-refractivity contribution in [1.82, 2.24) is 5.32 Å². The van der Waals surface area contributed by atoms with E-state index in [1.165, 1.54) is 5.56 Å². The van der Waals surface area contributed by atoms with Gasteiger partial charge in [0.05, 0.1) is 13.2 Å². The van der Waals surface area contributed by atoms with Crippen LogP contribution in [0.25, 0.3) is 0 Å². The van der Waals surface area contributed by atoms with E-state index in [2.05, 4.69) is 36.2 Å². The molecule has 0 amide bonds. The van der Waals surface area contributed by atoms with Crippen LogP contribution in [-0.4, -0.2) is 19.2 Å². The first kappa shape index (κ1) is 13.8. The van der Waals surface area contributed by atoms with Gasteiger partial charge in [-0.3, -0.25) is 0 Å². The van der Waals surface area contributed by atoms with Crippen molar-refractivity contribution < 1.29 is 4.74 Å². The summed E-state index contributed by atoms with van der Waals surface area (Å²) in [6, 6.07) is 10.6. The van der Waals surface area contributed by atoms with E-state index in [1.54, 1.807) is 0 Å². The first-order chi connectivity index (χ1) is 8.33. The average Bonchev–Trinajstić information content (AvgIpc) is 2.36. The van der Waals surface area contributed by atoms with Gasteiger partial charge < -0.3 is 10.1 Å². The van der Waals surface area contributed by atoms with Crippen LogP contribution in [0.3, 0.4) is 0 Å². The maximum absolute atomic E-state index is 5.64. The van der Waals surface area contributed by atoms with Gasteiger partial charge >= 0.3 is 0 Å². The van der Waals surface area contributed by atoms with Crippen molar-refractivity contribution in [3.8, 4) is 11.8 Å². The Bertz CT molecular complexity index is 350. The van der Waals surface area contributed by atoms with Gasteiger partial charge in [0.15, 0.2) is 0 Å². The largest absolute Gasteiger partial charge is 0.375 e. The van der Waals surface area contributed by atoms with Gasteiger partial charge in [0.25, 0.3) is 0 Å². The van der Waals surface area contributed by atoms with Crippen LogP contribution in [0.1, 0.15) is 25.8 Å². The minimum absolute atomic E-state index is 0.373. The lowest BCUT2D eigenvalue weighted by Gasteiger charge is -2.13. The van der Waals surface area contributed by atoms with Crippen molar-refractivity contribution in [2.45, 2.75) is 32.9 Å². The Hall–Kier alpha value is -1.30. The summed E-state index contributed by atoms with van der Waals surface area (Å²) in [4.78, 5) is 0. The Balaban J connectivity index is 2.07. The van der Waals surface area contributed by atoms with Gasteiger partial charge in [-0.25, -0.2) is 0 Å². The molecule has 1 aromatic rings. The highest BCUT2D eigenvalue weighted by Crippen LogP contribution is 2.00. The standard InChI is InChI=1S/C15H21NO/c1-3-4-8-11-16-14(2)12-17-13-15-9-6-5-7-10-15/h5-7,9-10,14,16H,8,11-13H2,1-2H3. The molecule has 0 spiro atoms. The highest BCUT2D eigenvalue weighted by molar-refractivity contribution is 5.13. The van der Waals surface area contributed by atoms with Crippen molar-refractivity contribution in [2.75, 3.05) is 13.2 Å². The minimum atomic E-state index is 0.373. The zero-order chi connectivity index (χ0) is 12.3. The smallest absolute Gasteiger partial charge is 0.0717 e. The van der Waals surface area contributed by atoms with E-state index in [4.69, 9.17) is 4.74 Å². The van der Waals surface area contributed by atoms with E-state index < -0.39 is 0 Å². The monoisotopic (exact) mass is 231 g/mol. The summed E-state index contributed by atoms with van der Waals surface area (Å²) < 4.78 is 5.64. The zero-order valence-electron chi connectivity index (χ0n) is 10.7. The Labute approximate surface area is 104 Å². The third kappa shape index (κ3) is 6.78. The molecule has 0 radical (unpaired) electrons. The summed E-state index contributed by atoms with van der Waals surface area (Å²) in [5.74, 6) is 5.92. The molecule has 0 saturated heterocycles. The van der Waals surface area contributed by atoms with Crippen LogP contribution in [0.5, 0.6) is 0 Å². The molecule has 1 unspecified atom stereocenters. The van der Waals surface area contributed by atoms with Crippen LogP contribution in [-0.2, 0) is 11.3 Å². The van der Waals surface area contributed by atoms with Crippen molar-refractivity contribution in [1.29, 1.82) is 0 Å². The number of hydrogen-bond acceptors (Lipinski definition) is 2. The van der Waals surface area contributed by atoms with Crippen LogP contribution >= 0.6 is 0 Å². The molecular weight excluding hydrogens is 210 g/mol. The predicted molar refractivity (Wildman–Crippen MR) is 71.6 cm³/mol. The average molecular weight is 231 g/mol. The van der Waals surface area contributed by atoms with Gasteiger partial charge in [0, 0.05) is 19.0 Å². The lowest BCUT2D eigenvalue weighted by molar-refractivity contribution is 0.103. The molecule has 0 aliphatic heterocycles. The molecule has 0 fully saturated rings. The Morgan fingerprint density at radius 1 is 1.29 bits per heavy atom. The van der Waals surface area contributed by atoms with Crippen LogP contribution in [0, 0.1) is 11.8 Å². The second-order valence-corrected chi connectivity index (χ2v) is 4.03. The van der Waals surface area contributed by atoms with Crippen LogP contribution in [0.2, 0.25) is 0 Å². The fourth-order valence-electron chi connectivity index (χ4n) is 1.49. The summed E-state index contributed by atoms with van der Waals surface area (Å²) in [6.07, 6.45) is 0.902. The highest BCUT2D eigenvalue weighted by Gasteiger charge is 2.00. The molecule has 2 heteroatoms. The van der Waals surface area contributed by atoms with Crippen LogP contribution < -0.4 is 5.32 Å². The van der Waals surface area contributed by atoms with E-state index in [-0.39, 0.29) is 0 Å². The molecule has 2 nitrogen and oxygen atoms in total. The second-order valence-electron chi connectivity index (χ2n) is 4.03. The minimum Gasteiger partial charge on any atom is -0.375 e. The van der Waals surface area contributed by atoms with Crippen molar-refractivity contribution in [3.63, 3.8) is 0 Å². The summed E-state index contributed by atoms with van der Waals surface area (Å²) in [7, 11) is 0. The molecule has 0 aliphatic carbocycles. The van der Waals surface area contributed by atoms with E-state index in [0.717, 1.165) is 19.6 Å². The Kier molecular flexibility index (Phi) is 7.13. The Morgan fingerprint density at radius 3 is 2.76 bits per heavy atom. The SMILES string of the molecule is CC#CCCNC(C)COCc1ccccc1. The van der Waals surface area contributed by atoms with E-state index in [9.17, 15) is 0 Å². The normalized spacial score (nSPS) is 11.6. The first-order valence-corrected chi connectivity index (χ1v) is 6.07. The van der Waals surface area contributed by atoms with Gasteiger partial charge in [0.1, 0.15) is 0 Å². The lowest BCUT2D eigenvalue weighted by atomic mass is 10.2. The summed E-state index contributed by atoms with van der Waals surface area (Å²) in [5, 5.41) is 3.38. The number of benzene rings is 1. The zero-order valence-corrected chi connectivity index (χ0v) is 10.7. The van der Waals surface area contributed by atoms with Crippen molar-refractivity contribution in [3.05, 3.63) is 35.9 Å². The molecule has 0 aromatic heterocycles. The molecule has 1 aromatic carbocycles.